The molecule has 3 rings (SSSR count). The van der Waals surface area contributed by atoms with E-state index in [-0.39, 0.29) is 0 Å². The van der Waals surface area contributed by atoms with Crippen LogP contribution in [0, 0.1) is 0 Å². The first-order valence-corrected chi connectivity index (χ1v) is 8.74. The van der Waals surface area contributed by atoms with Gasteiger partial charge in [-0.05, 0) is 34.6 Å². The Bertz CT molecular complexity index is 511. The van der Waals surface area contributed by atoms with Crippen LogP contribution in [0.4, 0.5) is 0 Å². The Labute approximate surface area is 104 Å². The van der Waals surface area contributed by atoms with Crippen molar-refractivity contribution < 1.29 is 0 Å². The minimum Gasteiger partial charge on any atom is -0.0716 e. The zero-order valence-corrected chi connectivity index (χ0v) is 11.4. The molecule has 0 saturated heterocycles. The Morgan fingerprint density at radius 3 is 1.76 bits per heavy atom. The van der Waals surface area contributed by atoms with E-state index in [1.807, 2.05) is 0 Å². The lowest BCUT2D eigenvalue weighted by Crippen LogP contribution is -2.18. The Hall–Kier alpha value is -1.13. The average molecular weight is 241 g/mol. The van der Waals surface area contributed by atoms with Crippen LogP contribution in [-0.2, 0) is 0 Å². The molecule has 1 heterocycles. The molecule has 1 heteroatoms. The third-order valence-electron chi connectivity index (χ3n) is 3.83. The van der Waals surface area contributed by atoms with Crippen LogP contribution < -0.4 is 10.6 Å². The van der Waals surface area contributed by atoms with Crippen LogP contribution in [0.1, 0.15) is 13.3 Å². The van der Waals surface area contributed by atoms with Crippen molar-refractivity contribution in [2.24, 2.45) is 0 Å². The summed E-state index contributed by atoms with van der Waals surface area (Å²) in [6, 6.07) is 18.0. The van der Waals surface area contributed by atoms with Crippen LogP contribution >= 0.6 is 7.26 Å². The van der Waals surface area contributed by atoms with Gasteiger partial charge in [0.25, 0.3) is 0 Å². The molecular weight excluding hydrogens is 223 g/mol. The van der Waals surface area contributed by atoms with Gasteiger partial charge in [-0.25, -0.2) is 0 Å². The molecule has 1 aliphatic heterocycles. The van der Waals surface area contributed by atoms with E-state index in [4.69, 9.17) is 0 Å². The number of fused-ring (bicyclic) bond motifs is 3. The molecule has 87 valence electrons. The summed E-state index contributed by atoms with van der Waals surface area (Å²) in [5, 5.41) is 3.23. The highest BCUT2D eigenvalue weighted by Crippen LogP contribution is 2.60. The second kappa shape index (κ2) is 3.96. The van der Waals surface area contributed by atoms with E-state index in [1.165, 1.54) is 23.7 Å². The molecule has 0 fully saturated rings. The largest absolute Gasteiger partial charge is 0.0716 e. The molecular formula is C16H18P. The van der Waals surface area contributed by atoms with Gasteiger partial charge >= 0.3 is 0 Å². The molecule has 0 atom stereocenters. The summed E-state index contributed by atoms with van der Waals surface area (Å²) in [6.45, 7) is 4.80. The van der Waals surface area contributed by atoms with Crippen molar-refractivity contribution in [1.82, 2.24) is 0 Å². The summed E-state index contributed by atoms with van der Waals surface area (Å²) in [4.78, 5) is 0. The van der Waals surface area contributed by atoms with E-state index in [0.717, 1.165) is 0 Å². The topological polar surface area (TPSA) is 0 Å². The molecule has 0 spiro atoms. The summed E-state index contributed by atoms with van der Waals surface area (Å²) in [6.07, 6.45) is 2.61. The first-order chi connectivity index (χ1) is 8.27. The van der Waals surface area contributed by atoms with Crippen molar-refractivity contribution >= 4 is 17.9 Å². The molecule has 0 saturated carbocycles. The first kappa shape index (κ1) is 11.0. The molecule has 0 amide bonds. The molecule has 0 nitrogen and oxygen atoms in total. The molecule has 0 bridgehead atoms. The van der Waals surface area contributed by atoms with Crippen LogP contribution in [-0.4, -0.2) is 12.8 Å². The molecule has 0 aromatic heterocycles. The maximum Gasteiger partial charge on any atom is -0.0101 e. The summed E-state index contributed by atoms with van der Waals surface area (Å²) in [5.41, 5.74) is 2.96. The average Bonchev–Trinajstić information content (AvgIpc) is 2.62. The highest BCUT2D eigenvalue weighted by atomic mass is 31.2. The first-order valence-electron chi connectivity index (χ1n) is 6.32. The summed E-state index contributed by atoms with van der Waals surface area (Å²) >= 11 is 0. The molecule has 2 aromatic rings. The summed E-state index contributed by atoms with van der Waals surface area (Å²) < 4.78 is 0. The van der Waals surface area contributed by atoms with E-state index in [0.29, 0.717) is 0 Å². The van der Waals surface area contributed by atoms with Gasteiger partial charge in [0.15, 0.2) is 0 Å². The highest BCUT2D eigenvalue weighted by molar-refractivity contribution is 7.90. The third-order valence-corrected chi connectivity index (χ3v) is 8.08. The van der Waals surface area contributed by atoms with Gasteiger partial charge in [0.05, 0.1) is 0 Å². The van der Waals surface area contributed by atoms with E-state index in [1.54, 1.807) is 10.6 Å². The van der Waals surface area contributed by atoms with Gasteiger partial charge in [0.1, 0.15) is 0 Å². The predicted octanol–water partition coefficient (Wildman–Crippen LogP) is 3.68. The lowest BCUT2D eigenvalue weighted by atomic mass is 10.1. The standard InChI is InChI=1S/C16H18P/c1-3-12-17(2)15-10-6-4-8-13(15)14-9-5-7-11-16(14)17/h4-11H,3,12H2,1-2H3. The van der Waals surface area contributed by atoms with Crippen LogP contribution in [0.5, 0.6) is 0 Å². The lowest BCUT2D eigenvalue weighted by Gasteiger charge is -2.29. The molecule has 2 aromatic carbocycles. The second-order valence-corrected chi connectivity index (χ2v) is 8.74. The van der Waals surface area contributed by atoms with E-state index in [9.17, 15) is 0 Å². The monoisotopic (exact) mass is 241 g/mol. The number of benzene rings is 2. The number of hydrogen-bond acceptors (Lipinski definition) is 0. The van der Waals surface area contributed by atoms with Gasteiger partial charge in [-0.2, -0.15) is 0 Å². The van der Waals surface area contributed by atoms with E-state index >= 15 is 0 Å². The Morgan fingerprint density at radius 2 is 1.29 bits per heavy atom. The summed E-state index contributed by atoms with van der Waals surface area (Å²) in [5.74, 6) is 0. The smallest absolute Gasteiger partial charge is 0.0101 e. The van der Waals surface area contributed by atoms with Gasteiger partial charge in [-0.15, -0.1) is 0 Å². The zero-order valence-electron chi connectivity index (χ0n) is 10.5. The summed E-state index contributed by atoms with van der Waals surface area (Å²) in [7, 11) is -1.10. The molecule has 0 N–H and O–H groups in total. The van der Waals surface area contributed by atoms with Crippen molar-refractivity contribution in [3.8, 4) is 11.1 Å². The fraction of sp³-hybridized carbons (Fsp3) is 0.250. The van der Waals surface area contributed by atoms with E-state index in [2.05, 4.69) is 62.1 Å². The van der Waals surface area contributed by atoms with Crippen LogP contribution in [0.2, 0.25) is 0 Å². The maximum absolute atomic E-state index is 2.50. The molecule has 17 heavy (non-hydrogen) atoms. The predicted molar refractivity (Wildman–Crippen MR) is 79.1 cm³/mol. The Balaban J connectivity index is 2.31. The molecule has 0 aliphatic carbocycles. The minimum atomic E-state index is -1.10. The fourth-order valence-electron chi connectivity index (χ4n) is 3.08. The quantitative estimate of drug-likeness (QED) is 0.704. The minimum absolute atomic E-state index is 1.10. The van der Waals surface area contributed by atoms with Gasteiger partial charge in [0, 0.05) is 0 Å². The Morgan fingerprint density at radius 1 is 0.824 bits per heavy atom. The maximum atomic E-state index is 2.50. The molecule has 1 aliphatic rings. The van der Waals surface area contributed by atoms with Gasteiger partial charge in [-0.3, -0.25) is 0 Å². The van der Waals surface area contributed by atoms with E-state index < -0.39 is 7.26 Å². The highest BCUT2D eigenvalue weighted by Gasteiger charge is 2.35. The lowest BCUT2D eigenvalue weighted by molar-refractivity contribution is 1.09. The molecule has 1 radical (unpaired) electrons. The third kappa shape index (κ3) is 1.47. The number of hydrogen-bond donors (Lipinski definition) is 0. The fourth-order valence-corrected chi connectivity index (χ4v) is 7.00. The van der Waals surface area contributed by atoms with Crippen molar-refractivity contribution in [2.45, 2.75) is 13.3 Å². The second-order valence-electron chi connectivity index (χ2n) is 4.95. The number of rotatable bonds is 2. The van der Waals surface area contributed by atoms with Gasteiger partial charge in [0.2, 0.25) is 0 Å². The van der Waals surface area contributed by atoms with Crippen LogP contribution in [0.15, 0.2) is 48.5 Å². The van der Waals surface area contributed by atoms with Crippen molar-refractivity contribution in [3.63, 3.8) is 0 Å². The van der Waals surface area contributed by atoms with Crippen molar-refractivity contribution in [1.29, 1.82) is 0 Å². The van der Waals surface area contributed by atoms with Crippen molar-refractivity contribution in [3.05, 3.63) is 48.5 Å². The van der Waals surface area contributed by atoms with Gasteiger partial charge < -0.3 is 0 Å². The van der Waals surface area contributed by atoms with Gasteiger partial charge in [-0.1, -0.05) is 69.1 Å². The molecule has 0 unspecified atom stereocenters. The normalized spacial score (nSPS) is 15.4. The zero-order chi connectivity index (χ0) is 11.9. The van der Waals surface area contributed by atoms with Crippen LogP contribution in [0.25, 0.3) is 11.1 Å². The van der Waals surface area contributed by atoms with Crippen LogP contribution in [0.3, 0.4) is 0 Å². The Kier molecular flexibility index (Phi) is 2.56. The SMILES string of the molecule is CCC[P]1(C)c2ccccc2-c2ccccc21. The van der Waals surface area contributed by atoms with Crippen molar-refractivity contribution in [2.75, 3.05) is 12.8 Å².